The predicted molar refractivity (Wildman–Crippen MR) is 60.1 cm³/mol. The van der Waals surface area contributed by atoms with Crippen molar-refractivity contribution in [1.82, 2.24) is 0 Å². The van der Waals surface area contributed by atoms with Crippen LogP contribution in [0.15, 0.2) is 18.2 Å². The third-order valence-corrected chi connectivity index (χ3v) is 3.23. The van der Waals surface area contributed by atoms with Crippen LogP contribution in [0.3, 0.4) is 0 Å². The van der Waals surface area contributed by atoms with E-state index in [2.05, 4.69) is 6.07 Å². The number of nitriles is 1. The minimum atomic E-state index is -0.989. The van der Waals surface area contributed by atoms with E-state index < -0.39 is 5.60 Å². The third-order valence-electron chi connectivity index (χ3n) is 3.23. The van der Waals surface area contributed by atoms with Gasteiger partial charge in [-0.05, 0) is 42.5 Å². The monoisotopic (exact) mass is 217 g/mol. The van der Waals surface area contributed by atoms with Crippen molar-refractivity contribution in [3.05, 3.63) is 29.3 Å². The second-order valence-electron chi connectivity index (χ2n) is 4.24. The normalized spacial score (nSPS) is 23.3. The molecule has 16 heavy (non-hydrogen) atoms. The zero-order valence-corrected chi connectivity index (χ0v) is 9.36. The third kappa shape index (κ3) is 1.77. The van der Waals surface area contributed by atoms with E-state index in [0.29, 0.717) is 6.42 Å². The predicted octanol–water partition coefficient (Wildman–Crippen LogP) is 2.13. The van der Waals surface area contributed by atoms with Crippen molar-refractivity contribution < 1.29 is 9.84 Å². The number of rotatable bonds is 2. The molecule has 0 aliphatic heterocycles. The molecule has 0 aromatic heterocycles. The lowest BCUT2D eigenvalue weighted by Crippen LogP contribution is -2.30. The molecular weight excluding hydrogens is 202 g/mol. The maximum absolute atomic E-state index is 10.5. The summed E-state index contributed by atoms with van der Waals surface area (Å²) in [6.45, 7) is 0. The van der Waals surface area contributed by atoms with Crippen LogP contribution in [0, 0.1) is 11.3 Å². The highest BCUT2D eigenvalue weighted by molar-refractivity contribution is 5.41. The van der Waals surface area contributed by atoms with Crippen molar-refractivity contribution in [3.63, 3.8) is 0 Å². The number of aryl methyl sites for hydroxylation is 1. The minimum absolute atomic E-state index is 0.146. The number of nitrogens with zero attached hydrogens (tertiary/aromatic N) is 1. The van der Waals surface area contributed by atoms with Crippen molar-refractivity contribution in [2.45, 2.75) is 31.3 Å². The van der Waals surface area contributed by atoms with Gasteiger partial charge in [-0.3, -0.25) is 0 Å². The zero-order valence-electron chi connectivity index (χ0n) is 9.36. The van der Waals surface area contributed by atoms with Gasteiger partial charge in [0.15, 0.2) is 0 Å². The van der Waals surface area contributed by atoms with Crippen LogP contribution in [0.5, 0.6) is 5.75 Å². The molecule has 0 bridgehead atoms. The Bertz CT molecular complexity index is 436. The van der Waals surface area contributed by atoms with Crippen LogP contribution in [0.2, 0.25) is 0 Å². The van der Waals surface area contributed by atoms with Crippen molar-refractivity contribution in [3.8, 4) is 11.8 Å². The summed E-state index contributed by atoms with van der Waals surface area (Å²) in [6, 6.07) is 7.80. The molecule has 0 amide bonds. The van der Waals surface area contributed by atoms with Gasteiger partial charge >= 0.3 is 0 Å². The molecule has 0 saturated carbocycles. The van der Waals surface area contributed by atoms with E-state index >= 15 is 0 Å². The smallest absolute Gasteiger partial charge is 0.119 e. The lowest BCUT2D eigenvalue weighted by Gasteiger charge is -2.32. The molecule has 0 fully saturated rings. The lowest BCUT2D eigenvalue weighted by molar-refractivity contribution is 0.0233. The fourth-order valence-electron chi connectivity index (χ4n) is 2.35. The molecule has 84 valence electrons. The number of hydrogen-bond acceptors (Lipinski definition) is 3. The van der Waals surface area contributed by atoms with Gasteiger partial charge in [0.1, 0.15) is 11.4 Å². The van der Waals surface area contributed by atoms with Crippen LogP contribution in [0.4, 0.5) is 0 Å². The van der Waals surface area contributed by atoms with Gasteiger partial charge in [0.05, 0.1) is 19.6 Å². The number of methoxy groups -OCH3 is 1. The average Bonchev–Trinajstić information content (AvgIpc) is 2.29. The molecule has 3 heteroatoms. The quantitative estimate of drug-likeness (QED) is 0.825. The van der Waals surface area contributed by atoms with Gasteiger partial charge < -0.3 is 9.84 Å². The van der Waals surface area contributed by atoms with Gasteiger partial charge in [-0.1, -0.05) is 6.07 Å². The molecule has 0 spiro atoms. The summed E-state index contributed by atoms with van der Waals surface area (Å²) in [5.41, 5.74) is 1.00. The molecule has 0 heterocycles. The highest BCUT2D eigenvalue weighted by Gasteiger charge is 2.34. The molecule has 1 aliphatic carbocycles. The van der Waals surface area contributed by atoms with E-state index in [0.717, 1.165) is 29.7 Å². The van der Waals surface area contributed by atoms with Gasteiger partial charge in [-0.2, -0.15) is 5.26 Å². The second kappa shape index (κ2) is 4.15. The highest BCUT2D eigenvalue weighted by atomic mass is 16.5. The largest absolute Gasteiger partial charge is 0.497 e. The molecular formula is C13H15NO2. The Morgan fingerprint density at radius 1 is 1.56 bits per heavy atom. The van der Waals surface area contributed by atoms with Crippen LogP contribution in [-0.4, -0.2) is 12.2 Å². The molecule has 1 N–H and O–H groups in total. The molecule has 1 aromatic rings. The van der Waals surface area contributed by atoms with Gasteiger partial charge in [-0.15, -0.1) is 0 Å². The average molecular weight is 217 g/mol. The molecule has 2 rings (SSSR count). The van der Waals surface area contributed by atoms with E-state index in [-0.39, 0.29) is 6.42 Å². The maximum atomic E-state index is 10.5. The summed E-state index contributed by atoms with van der Waals surface area (Å²) >= 11 is 0. The summed E-state index contributed by atoms with van der Waals surface area (Å²) in [4.78, 5) is 0. The summed E-state index contributed by atoms with van der Waals surface area (Å²) < 4.78 is 5.16. The Morgan fingerprint density at radius 3 is 3.06 bits per heavy atom. The van der Waals surface area contributed by atoms with Gasteiger partial charge in [0, 0.05) is 0 Å². The van der Waals surface area contributed by atoms with Crippen LogP contribution in [0.25, 0.3) is 0 Å². The van der Waals surface area contributed by atoms with Gasteiger partial charge in [0.25, 0.3) is 0 Å². The molecule has 1 aliphatic rings. The van der Waals surface area contributed by atoms with Crippen molar-refractivity contribution in [2.24, 2.45) is 0 Å². The van der Waals surface area contributed by atoms with Crippen LogP contribution in [-0.2, 0) is 12.0 Å². The number of hydrogen-bond donors (Lipinski definition) is 1. The number of fused-ring (bicyclic) bond motifs is 1. The lowest BCUT2D eigenvalue weighted by atomic mass is 9.77. The van der Waals surface area contributed by atoms with Crippen molar-refractivity contribution in [2.75, 3.05) is 7.11 Å². The standard InChI is InChI=1S/C13H15NO2/c1-16-11-5-4-10-3-2-6-13(15,7-8-14)12(10)9-11/h4-5,9,15H,2-3,6-7H2,1H3/t13-/m1/s1. The van der Waals surface area contributed by atoms with Crippen LogP contribution >= 0.6 is 0 Å². The molecule has 3 nitrogen and oxygen atoms in total. The molecule has 1 atom stereocenters. The number of benzene rings is 1. The molecule has 1 aromatic carbocycles. The fourth-order valence-corrected chi connectivity index (χ4v) is 2.35. The SMILES string of the molecule is COc1ccc2c(c1)[C@](O)(CC#N)CCC2. The zero-order chi connectivity index (χ0) is 11.6. The number of aliphatic hydroxyl groups is 1. The Labute approximate surface area is 95.3 Å². The molecule has 0 saturated heterocycles. The Morgan fingerprint density at radius 2 is 2.38 bits per heavy atom. The Kier molecular flexibility index (Phi) is 2.84. The topological polar surface area (TPSA) is 53.2 Å². The van der Waals surface area contributed by atoms with E-state index in [4.69, 9.17) is 10.00 Å². The Balaban J connectivity index is 2.47. The van der Waals surface area contributed by atoms with Crippen molar-refractivity contribution >= 4 is 0 Å². The van der Waals surface area contributed by atoms with Crippen LogP contribution in [0.1, 0.15) is 30.4 Å². The first-order chi connectivity index (χ1) is 7.69. The van der Waals surface area contributed by atoms with Gasteiger partial charge in [-0.25, -0.2) is 0 Å². The first-order valence-electron chi connectivity index (χ1n) is 5.46. The van der Waals surface area contributed by atoms with Gasteiger partial charge in [0.2, 0.25) is 0 Å². The molecule has 0 radical (unpaired) electrons. The van der Waals surface area contributed by atoms with Crippen LogP contribution < -0.4 is 4.74 Å². The summed E-state index contributed by atoms with van der Waals surface area (Å²) in [5.74, 6) is 0.733. The molecule has 0 unspecified atom stereocenters. The van der Waals surface area contributed by atoms with E-state index in [1.807, 2.05) is 18.2 Å². The van der Waals surface area contributed by atoms with E-state index in [1.165, 1.54) is 0 Å². The second-order valence-corrected chi connectivity index (χ2v) is 4.24. The van der Waals surface area contributed by atoms with Crippen molar-refractivity contribution in [1.29, 1.82) is 5.26 Å². The Hall–Kier alpha value is -1.53. The first-order valence-corrected chi connectivity index (χ1v) is 5.46. The summed E-state index contributed by atoms with van der Waals surface area (Å²) in [6.07, 6.45) is 2.69. The van der Waals surface area contributed by atoms with E-state index in [1.54, 1.807) is 7.11 Å². The first kappa shape index (κ1) is 11.0. The minimum Gasteiger partial charge on any atom is -0.497 e. The fraction of sp³-hybridized carbons (Fsp3) is 0.462. The highest BCUT2D eigenvalue weighted by Crippen LogP contribution is 2.39. The number of ether oxygens (including phenoxy) is 1. The summed E-state index contributed by atoms with van der Waals surface area (Å²) in [5, 5.41) is 19.3. The maximum Gasteiger partial charge on any atom is 0.119 e. The van der Waals surface area contributed by atoms with E-state index in [9.17, 15) is 5.11 Å². The summed E-state index contributed by atoms with van der Waals surface area (Å²) in [7, 11) is 1.61.